The van der Waals surface area contributed by atoms with Crippen molar-refractivity contribution in [1.82, 2.24) is 4.98 Å². The van der Waals surface area contributed by atoms with Gasteiger partial charge in [0.1, 0.15) is 11.3 Å². The van der Waals surface area contributed by atoms with Crippen LogP contribution in [-0.4, -0.2) is 4.98 Å². The molecule has 4 heteroatoms. The summed E-state index contributed by atoms with van der Waals surface area (Å²) >= 11 is 3.23. The first-order valence-corrected chi connectivity index (χ1v) is 6.68. The second kappa shape index (κ2) is 4.46. The van der Waals surface area contributed by atoms with Crippen LogP contribution in [0.1, 0.15) is 11.1 Å². The van der Waals surface area contributed by atoms with Crippen LogP contribution in [0.4, 0.5) is 4.39 Å². The van der Waals surface area contributed by atoms with Gasteiger partial charge in [0.2, 0.25) is 5.89 Å². The summed E-state index contributed by atoms with van der Waals surface area (Å²) in [7, 11) is 0. The molecule has 0 amide bonds. The molecule has 0 fully saturated rings. The highest BCUT2D eigenvalue weighted by molar-refractivity contribution is 9.10. The van der Waals surface area contributed by atoms with E-state index in [1.165, 1.54) is 6.07 Å². The molecule has 0 aliphatic heterocycles. The van der Waals surface area contributed by atoms with Gasteiger partial charge in [-0.05, 0) is 49.2 Å². The molecule has 2 aromatic carbocycles. The number of benzene rings is 2. The average molecular weight is 320 g/mol. The SMILES string of the molecule is Cc1ccc2nc(-c3ccc(Br)cc3F)oc2c1C. The summed E-state index contributed by atoms with van der Waals surface area (Å²) in [5.74, 6) is -0.0380. The molecule has 1 heterocycles. The van der Waals surface area contributed by atoms with E-state index in [1.807, 2.05) is 26.0 Å². The van der Waals surface area contributed by atoms with E-state index < -0.39 is 0 Å². The van der Waals surface area contributed by atoms with Gasteiger partial charge in [0.15, 0.2) is 5.58 Å². The van der Waals surface area contributed by atoms with Crippen LogP contribution in [-0.2, 0) is 0 Å². The van der Waals surface area contributed by atoms with E-state index in [1.54, 1.807) is 12.1 Å². The molecule has 0 atom stereocenters. The molecule has 0 N–H and O–H groups in total. The van der Waals surface area contributed by atoms with Crippen molar-refractivity contribution < 1.29 is 8.81 Å². The molecule has 0 spiro atoms. The average Bonchev–Trinajstić information content (AvgIpc) is 2.78. The van der Waals surface area contributed by atoms with Crippen molar-refractivity contribution in [2.75, 3.05) is 0 Å². The lowest BCUT2D eigenvalue weighted by Crippen LogP contribution is -1.83. The Hall–Kier alpha value is -1.68. The molecule has 96 valence electrons. The third kappa shape index (κ3) is 2.06. The van der Waals surface area contributed by atoms with Crippen molar-refractivity contribution in [2.24, 2.45) is 0 Å². The fourth-order valence-corrected chi connectivity index (χ4v) is 2.33. The monoisotopic (exact) mass is 319 g/mol. The minimum atomic E-state index is -0.352. The quantitative estimate of drug-likeness (QED) is 0.630. The maximum absolute atomic E-state index is 13.9. The smallest absolute Gasteiger partial charge is 0.230 e. The Morgan fingerprint density at radius 3 is 2.68 bits per heavy atom. The van der Waals surface area contributed by atoms with Crippen molar-refractivity contribution in [3.05, 3.63) is 51.7 Å². The molecule has 0 unspecified atom stereocenters. The fourth-order valence-electron chi connectivity index (χ4n) is 2.00. The predicted molar refractivity (Wildman–Crippen MR) is 76.6 cm³/mol. The Morgan fingerprint density at radius 1 is 1.16 bits per heavy atom. The van der Waals surface area contributed by atoms with E-state index in [9.17, 15) is 4.39 Å². The van der Waals surface area contributed by atoms with Crippen molar-refractivity contribution in [1.29, 1.82) is 0 Å². The summed E-state index contributed by atoms with van der Waals surface area (Å²) in [6, 6.07) is 8.71. The molecule has 1 aromatic heterocycles. The molecule has 2 nitrogen and oxygen atoms in total. The number of oxazole rings is 1. The first-order chi connectivity index (χ1) is 9.06. The summed E-state index contributed by atoms with van der Waals surface area (Å²) in [5.41, 5.74) is 4.01. The second-order valence-electron chi connectivity index (χ2n) is 4.50. The van der Waals surface area contributed by atoms with Gasteiger partial charge in [0.05, 0.1) is 5.56 Å². The maximum Gasteiger partial charge on any atom is 0.230 e. The highest BCUT2D eigenvalue weighted by Crippen LogP contribution is 2.30. The van der Waals surface area contributed by atoms with E-state index in [4.69, 9.17) is 4.42 Å². The minimum Gasteiger partial charge on any atom is -0.436 e. The number of rotatable bonds is 1. The lowest BCUT2D eigenvalue weighted by molar-refractivity contribution is 0.591. The Kier molecular flexibility index (Phi) is 2.90. The van der Waals surface area contributed by atoms with Gasteiger partial charge >= 0.3 is 0 Å². The zero-order chi connectivity index (χ0) is 13.6. The topological polar surface area (TPSA) is 26.0 Å². The number of nitrogens with zero attached hydrogens (tertiary/aromatic N) is 1. The zero-order valence-corrected chi connectivity index (χ0v) is 12.1. The molecule has 0 saturated heterocycles. The standard InChI is InChI=1S/C15H11BrFNO/c1-8-3-6-13-14(9(8)2)19-15(18-13)11-5-4-10(16)7-12(11)17/h3-7H,1-2H3. The molecule has 19 heavy (non-hydrogen) atoms. The largest absolute Gasteiger partial charge is 0.436 e. The second-order valence-corrected chi connectivity index (χ2v) is 5.41. The van der Waals surface area contributed by atoms with Gasteiger partial charge in [0, 0.05) is 4.47 Å². The van der Waals surface area contributed by atoms with Gasteiger partial charge in [-0.2, -0.15) is 0 Å². The summed E-state index contributed by atoms with van der Waals surface area (Å²) in [4.78, 5) is 4.35. The number of fused-ring (bicyclic) bond motifs is 1. The molecule has 0 aliphatic rings. The van der Waals surface area contributed by atoms with Gasteiger partial charge in [-0.3, -0.25) is 0 Å². The molecule has 0 aliphatic carbocycles. The van der Waals surface area contributed by atoms with Gasteiger partial charge in [-0.25, -0.2) is 9.37 Å². The maximum atomic E-state index is 13.9. The Labute approximate surface area is 118 Å². The van der Waals surface area contributed by atoms with Crippen LogP contribution in [0.15, 0.2) is 39.2 Å². The van der Waals surface area contributed by atoms with E-state index in [-0.39, 0.29) is 5.82 Å². The van der Waals surface area contributed by atoms with Crippen molar-refractivity contribution in [3.8, 4) is 11.5 Å². The van der Waals surface area contributed by atoms with E-state index >= 15 is 0 Å². The van der Waals surface area contributed by atoms with Crippen molar-refractivity contribution in [2.45, 2.75) is 13.8 Å². The first-order valence-electron chi connectivity index (χ1n) is 5.88. The van der Waals surface area contributed by atoms with Crippen LogP contribution in [0, 0.1) is 19.7 Å². The van der Waals surface area contributed by atoms with Crippen LogP contribution in [0.2, 0.25) is 0 Å². The molecular weight excluding hydrogens is 309 g/mol. The third-order valence-corrected chi connectivity index (χ3v) is 3.73. The molecule has 0 bridgehead atoms. The van der Waals surface area contributed by atoms with Gasteiger partial charge in [-0.15, -0.1) is 0 Å². The Balaban J connectivity index is 2.23. The minimum absolute atomic E-state index is 0.314. The van der Waals surface area contributed by atoms with Crippen molar-refractivity contribution in [3.63, 3.8) is 0 Å². The number of aryl methyl sites for hydroxylation is 2. The Bertz CT molecular complexity index is 779. The number of hydrogen-bond donors (Lipinski definition) is 0. The summed E-state index contributed by atoms with van der Waals surface area (Å²) in [6.45, 7) is 3.99. The van der Waals surface area contributed by atoms with Crippen LogP contribution < -0.4 is 0 Å². The molecule has 3 aromatic rings. The van der Waals surface area contributed by atoms with E-state index in [2.05, 4.69) is 20.9 Å². The number of aromatic nitrogens is 1. The van der Waals surface area contributed by atoms with Crippen LogP contribution >= 0.6 is 15.9 Å². The normalized spacial score (nSPS) is 11.2. The molecule has 0 saturated carbocycles. The van der Waals surface area contributed by atoms with Crippen LogP contribution in [0.5, 0.6) is 0 Å². The van der Waals surface area contributed by atoms with Gasteiger partial charge < -0.3 is 4.42 Å². The number of hydrogen-bond acceptors (Lipinski definition) is 2. The zero-order valence-electron chi connectivity index (χ0n) is 10.5. The van der Waals surface area contributed by atoms with Gasteiger partial charge in [-0.1, -0.05) is 22.0 Å². The summed E-state index contributed by atoms with van der Waals surface area (Å²) in [5, 5.41) is 0. The first kappa shape index (κ1) is 12.4. The molecule has 0 radical (unpaired) electrons. The van der Waals surface area contributed by atoms with E-state index in [0.29, 0.717) is 15.9 Å². The van der Waals surface area contributed by atoms with Crippen LogP contribution in [0.25, 0.3) is 22.6 Å². The summed E-state index contributed by atoms with van der Waals surface area (Å²) < 4.78 is 20.3. The third-order valence-electron chi connectivity index (χ3n) is 3.24. The lowest BCUT2D eigenvalue weighted by Gasteiger charge is -1.99. The lowest BCUT2D eigenvalue weighted by atomic mass is 10.1. The highest BCUT2D eigenvalue weighted by atomic mass is 79.9. The summed E-state index contributed by atoms with van der Waals surface area (Å²) in [6.07, 6.45) is 0. The predicted octanol–water partition coefficient (Wildman–Crippen LogP) is 5.01. The highest BCUT2D eigenvalue weighted by Gasteiger charge is 2.14. The fraction of sp³-hybridized carbons (Fsp3) is 0.133. The van der Waals surface area contributed by atoms with Crippen LogP contribution in [0.3, 0.4) is 0 Å². The molecule has 3 rings (SSSR count). The van der Waals surface area contributed by atoms with E-state index in [0.717, 1.165) is 22.2 Å². The van der Waals surface area contributed by atoms with Gasteiger partial charge in [0.25, 0.3) is 0 Å². The molecular formula is C15H11BrFNO. The van der Waals surface area contributed by atoms with Crippen molar-refractivity contribution >= 4 is 27.0 Å². The number of halogens is 2. The Morgan fingerprint density at radius 2 is 1.95 bits per heavy atom.